The van der Waals surface area contributed by atoms with E-state index in [9.17, 15) is 0 Å². The van der Waals surface area contributed by atoms with Gasteiger partial charge in [0.15, 0.2) is 5.17 Å². The van der Waals surface area contributed by atoms with Crippen LogP contribution in [0.2, 0.25) is 0 Å². The van der Waals surface area contributed by atoms with E-state index in [-0.39, 0.29) is 0 Å². The molecule has 2 nitrogen and oxygen atoms in total. The number of nitrogens with one attached hydrogen (secondary N) is 1. The Bertz CT molecular complexity index is 385. The van der Waals surface area contributed by atoms with Gasteiger partial charge >= 0.3 is 0 Å². The quantitative estimate of drug-likeness (QED) is 0.870. The number of thiophene rings is 1. The van der Waals surface area contributed by atoms with Crippen LogP contribution in [0.15, 0.2) is 22.5 Å². The maximum absolute atomic E-state index is 4.79. The Morgan fingerprint density at radius 1 is 1.50 bits per heavy atom. The molecule has 4 heteroatoms. The highest BCUT2D eigenvalue weighted by Gasteiger charge is 2.23. The van der Waals surface area contributed by atoms with Gasteiger partial charge in [-0.2, -0.15) is 0 Å². The SMILES string of the molecule is CCCC(NC1=N[C@@H](C(C)C)CS1)c1cccs1. The summed E-state index contributed by atoms with van der Waals surface area (Å²) in [6, 6.07) is 5.28. The fraction of sp³-hybridized carbons (Fsp3) is 0.643. The number of hydrogen-bond donors (Lipinski definition) is 1. The predicted octanol–water partition coefficient (Wildman–Crippen LogP) is 4.31. The van der Waals surface area contributed by atoms with Crippen molar-refractivity contribution in [3.05, 3.63) is 22.4 Å². The number of thioether (sulfide) groups is 1. The molecule has 1 aromatic rings. The van der Waals surface area contributed by atoms with Crippen LogP contribution in [0.1, 0.15) is 44.5 Å². The number of amidine groups is 1. The molecule has 1 N–H and O–H groups in total. The second-order valence-electron chi connectivity index (χ2n) is 5.06. The molecule has 2 atom stereocenters. The molecular weight excluding hydrogens is 260 g/mol. The molecule has 1 aliphatic heterocycles. The summed E-state index contributed by atoms with van der Waals surface area (Å²) < 4.78 is 0. The summed E-state index contributed by atoms with van der Waals surface area (Å²) in [4.78, 5) is 6.22. The van der Waals surface area contributed by atoms with Crippen LogP contribution in [0.5, 0.6) is 0 Å². The van der Waals surface area contributed by atoms with E-state index in [1.807, 2.05) is 23.1 Å². The highest BCUT2D eigenvalue weighted by atomic mass is 32.2. The zero-order chi connectivity index (χ0) is 13.0. The molecule has 1 unspecified atom stereocenters. The summed E-state index contributed by atoms with van der Waals surface area (Å²) in [5.41, 5.74) is 0. The molecule has 0 fully saturated rings. The van der Waals surface area contributed by atoms with Crippen LogP contribution in [0, 0.1) is 5.92 Å². The lowest BCUT2D eigenvalue weighted by Gasteiger charge is -2.17. The fourth-order valence-corrected chi connectivity index (χ4v) is 4.06. The van der Waals surface area contributed by atoms with E-state index in [1.165, 1.54) is 17.7 Å². The first-order valence-electron chi connectivity index (χ1n) is 6.71. The van der Waals surface area contributed by atoms with Gasteiger partial charge in [0.25, 0.3) is 0 Å². The number of rotatable bonds is 5. The van der Waals surface area contributed by atoms with E-state index in [0.717, 1.165) is 10.9 Å². The summed E-state index contributed by atoms with van der Waals surface area (Å²) in [5, 5.41) is 6.92. The van der Waals surface area contributed by atoms with Crippen molar-refractivity contribution in [3.8, 4) is 0 Å². The third kappa shape index (κ3) is 3.51. The maximum atomic E-state index is 4.79. The van der Waals surface area contributed by atoms with Gasteiger partial charge < -0.3 is 5.32 Å². The molecule has 1 aromatic heterocycles. The first-order chi connectivity index (χ1) is 8.70. The van der Waals surface area contributed by atoms with Crippen molar-refractivity contribution in [1.29, 1.82) is 0 Å². The maximum Gasteiger partial charge on any atom is 0.157 e. The lowest BCUT2D eigenvalue weighted by Crippen LogP contribution is -2.24. The molecule has 0 bridgehead atoms. The first kappa shape index (κ1) is 13.9. The Morgan fingerprint density at radius 2 is 2.33 bits per heavy atom. The van der Waals surface area contributed by atoms with Crippen molar-refractivity contribution in [3.63, 3.8) is 0 Å². The molecule has 0 amide bonds. The lowest BCUT2D eigenvalue weighted by atomic mass is 10.1. The third-order valence-electron chi connectivity index (χ3n) is 3.21. The van der Waals surface area contributed by atoms with Gasteiger partial charge in [-0.15, -0.1) is 11.3 Å². The molecule has 2 rings (SSSR count). The molecule has 0 saturated heterocycles. The van der Waals surface area contributed by atoms with Gasteiger partial charge in [0.1, 0.15) is 0 Å². The number of aliphatic imine (C=N–C) groups is 1. The van der Waals surface area contributed by atoms with Crippen molar-refractivity contribution in [1.82, 2.24) is 5.32 Å². The van der Waals surface area contributed by atoms with E-state index in [1.54, 1.807) is 0 Å². The number of nitrogens with zero attached hydrogens (tertiary/aromatic N) is 1. The molecule has 0 aromatic carbocycles. The van der Waals surface area contributed by atoms with Crippen LogP contribution in [-0.2, 0) is 0 Å². The summed E-state index contributed by atoms with van der Waals surface area (Å²) in [6.07, 6.45) is 2.37. The number of hydrogen-bond acceptors (Lipinski definition) is 4. The smallest absolute Gasteiger partial charge is 0.157 e. The van der Waals surface area contributed by atoms with Crippen LogP contribution >= 0.6 is 23.1 Å². The topological polar surface area (TPSA) is 24.4 Å². The van der Waals surface area contributed by atoms with Crippen molar-refractivity contribution in [2.24, 2.45) is 10.9 Å². The Hall–Kier alpha value is -0.480. The van der Waals surface area contributed by atoms with E-state index >= 15 is 0 Å². The molecule has 0 aliphatic carbocycles. The highest BCUT2D eigenvalue weighted by molar-refractivity contribution is 8.14. The van der Waals surface area contributed by atoms with Gasteiger partial charge in [-0.25, -0.2) is 0 Å². The molecular formula is C14H22N2S2. The largest absolute Gasteiger partial charge is 0.357 e. The van der Waals surface area contributed by atoms with Gasteiger partial charge in [0.2, 0.25) is 0 Å². The van der Waals surface area contributed by atoms with Gasteiger partial charge in [-0.1, -0.05) is 45.0 Å². The minimum atomic E-state index is 0.437. The molecule has 0 spiro atoms. The fourth-order valence-electron chi connectivity index (χ4n) is 2.02. The van der Waals surface area contributed by atoms with E-state index < -0.39 is 0 Å². The van der Waals surface area contributed by atoms with Crippen molar-refractivity contribution in [2.75, 3.05) is 5.75 Å². The van der Waals surface area contributed by atoms with Crippen LogP contribution in [0.25, 0.3) is 0 Å². The summed E-state index contributed by atoms with van der Waals surface area (Å²) in [6.45, 7) is 6.74. The van der Waals surface area contributed by atoms with E-state index in [0.29, 0.717) is 18.0 Å². The second kappa shape index (κ2) is 6.62. The standard InChI is InChI=1S/C14H22N2S2/c1-4-6-11(13-7-5-8-17-13)15-14-16-12(9-18-14)10(2)3/h5,7-8,10-12H,4,6,9H2,1-3H3,(H,15,16)/t11?,12-/m1/s1. The lowest BCUT2D eigenvalue weighted by molar-refractivity contribution is 0.538. The first-order valence-corrected chi connectivity index (χ1v) is 8.57. The van der Waals surface area contributed by atoms with Gasteiger partial charge in [0, 0.05) is 10.6 Å². The van der Waals surface area contributed by atoms with Crippen molar-refractivity contribution in [2.45, 2.75) is 45.7 Å². The van der Waals surface area contributed by atoms with Crippen LogP contribution in [0.4, 0.5) is 0 Å². The normalized spacial score (nSPS) is 21.1. The van der Waals surface area contributed by atoms with Crippen LogP contribution < -0.4 is 5.32 Å². The highest BCUT2D eigenvalue weighted by Crippen LogP contribution is 2.27. The van der Waals surface area contributed by atoms with Crippen molar-refractivity contribution >= 4 is 28.3 Å². The molecule has 1 aliphatic rings. The molecule has 2 heterocycles. The average Bonchev–Trinajstić information content (AvgIpc) is 2.99. The summed E-state index contributed by atoms with van der Waals surface area (Å²) in [5.74, 6) is 1.77. The van der Waals surface area contributed by atoms with Crippen LogP contribution in [0.3, 0.4) is 0 Å². The Labute approximate surface area is 118 Å². The Morgan fingerprint density at radius 3 is 2.89 bits per heavy atom. The van der Waals surface area contributed by atoms with E-state index in [4.69, 9.17) is 4.99 Å². The van der Waals surface area contributed by atoms with Crippen molar-refractivity contribution < 1.29 is 0 Å². The van der Waals surface area contributed by atoms with Gasteiger partial charge in [-0.3, -0.25) is 4.99 Å². The van der Waals surface area contributed by atoms with Gasteiger partial charge in [-0.05, 0) is 23.8 Å². The van der Waals surface area contributed by atoms with Gasteiger partial charge in [0.05, 0.1) is 12.1 Å². The zero-order valence-corrected chi connectivity index (χ0v) is 13.0. The Kier molecular flexibility index (Phi) is 5.13. The second-order valence-corrected chi connectivity index (χ2v) is 7.05. The average molecular weight is 282 g/mol. The zero-order valence-electron chi connectivity index (χ0n) is 11.3. The minimum Gasteiger partial charge on any atom is -0.357 e. The van der Waals surface area contributed by atoms with Crippen LogP contribution in [-0.4, -0.2) is 17.0 Å². The Balaban J connectivity index is 2.00. The molecule has 0 saturated carbocycles. The summed E-state index contributed by atoms with van der Waals surface area (Å²) in [7, 11) is 0. The minimum absolute atomic E-state index is 0.437. The third-order valence-corrected chi connectivity index (χ3v) is 5.20. The molecule has 0 radical (unpaired) electrons. The molecule has 18 heavy (non-hydrogen) atoms. The summed E-state index contributed by atoms with van der Waals surface area (Å²) >= 11 is 3.71. The van der Waals surface area contributed by atoms with E-state index in [2.05, 4.69) is 43.6 Å². The molecule has 100 valence electrons. The monoisotopic (exact) mass is 282 g/mol. The predicted molar refractivity (Wildman–Crippen MR) is 83.6 cm³/mol.